The molecule has 2 unspecified atom stereocenters. The Morgan fingerprint density at radius 2 is 1.90 bits per heavy atom. The molecule has 0 bridgehead atoms. The molecule has 0 aromatic carbocycles. The fourth-order valence-corrected chi connectivity index (χ4v) is 3.48. The number of hydrogen-bond acceptors (Lipinski definition) is 2. The van der Waals surface area contributed by atoms with Gasteiger partial charge in [0.1, 0.15) is 0 Å². The number of hydrogen-bond donors (Lipinski definition) is 1. The van der Waals surface area contributed by atoms with E-state index in [1.165, 1.54) is 19.3 Å². The topological polar surface area (TPSA) is 21.3 Å². The second-order valence-corrected chi connectivity index (χ2v) is 9.04. The van der Waals surface area contributed by atoms with Crippen molar-refractivity contribution in [1.29, 1.82) is 0 Å². The van der Waals surface area contributed by atoms with Crippen molar-refractivity contribution in [1.82, 2.24) is 5.32 Å². The van der Waals surface area contributed by atoms with Crippen LogP contribution in [0.3, 0.4) is 0 Å². The average Bonchev–Trinajstić information content (AvgIpc) is 2.23. The van der Waals surface area contributed by atoms with E-state index in [1.807, 2.05) is 0 Å². The fraction of sp³-hybridized carbons (Fsp3) is 1.00. The highest BCUT2D eigenvalue weighted by Crippen LogP contribution is 2.40. The summed E-state index contributed by atoms with van der Waals surface area (Å²) in [5.41, 5.74) is 0.669. The minimum Gasteiger partial charge on any atom is -0.378 e. The Bertz CT molecular complexity index is 283. The molecule has 2 atom stereocenters. The first-order chi connectivity index (χ1) is 9.10. The monoisotopic (exact) mass is 283 g/mol. The normalized spacial score (nSPS) is 27.0. The second kappa shape index (κ2) is 7.26. The molecule has 0 aromatic rings. The van der Waals surface area contributed by atoms with Gasteiger partial charge in [-0.1, -0.05) is 48.5 Å². The van der Waals surface area contributed by atoms with Crippen LogP contribution in [0.25, 0.3) is 0 Å². The van der Waals surface area contributed by atoms with Crippen LogP contribution < -0.4 is 5.32 Å². The van der Waals surface area contributed by atoms with Crippen molar-refractivity contribution < 1.29 is 4.74 Å². The Morgan fingerprint density at radius 1 is 1.25 bits per heavy atom. The Labute approximate surface area is 127 Å². The molecule has 0 heterocycles. The van der Waals surface area contributed by atoms with E-state index in [-0.39, 0.29) is 5.41 Å². The molecule has 1 fully saturated rings. The first kappa shape index (κ1) is 18.0. The third-order valence-corrected chi connectivity index (χ3v) is 4.21. The summed E-state index contributed by atoms with van der Waals surface area (Å²) >= 11 is 0. The van der Waals surface area contributed by atoms with E-state index in [9.17, 15) is 0 Å². The van der Waals surface area contributed by atoms with Crippen LogP contribution in [0.5, 0.6) is 0 Å². The summed E-state index contributed by atoms with van der Waals surface area (Å²) < 4.78 is 6.27. The molecule has 0 radical (unpaired) electrons. The quantitative estimate of drug-likeness (QED) is 0.743. The SMILES string of the molecule is CC(C)CNCC(C)(C)COC1CC(C)CC(C)(C)C1. The Balaban J connectivity index is 2.33. The zero-order valence-electron chi connectivity index (χ0n) is 14.9. The predicted octanol–water partition coefficient (Wildman–Crippen LogP) is 4.49. The van der Waals surface area contributed by atoms with Gasteiger partial charge in [0.05, 0.1) is 12.7 Å². The minimum absolute atomic E-state index is 0.222. The molecule has 0 spiro atoms. The fourth-order valence-electron chi connectivity index (χ4n) is 3.48. The summed E-state index contributed by atoms with van der Waals surface area (Å²) in [5.74, 6) is 1.51. The van der Waals surface area contributed by atoms with E-state index in [0.717, 1.165) is 25.6 Å². The van der Waals surface area contributed by atoms with Crippen molar-refractivity contribution in [3.05, 3.63) is 0 Å². The van der Waals surface area contributed by atoms with Crippen LogP contribution in [0, 0.1) is 22.7 Å². The highest BCUT2D eigenvalue weighted by molar-refractivity contribution is 4.84. The standard InChI is InChI=1S/C18H37NO/c1-14(2)11-19-12-18(6,7)13-20-16-8-15(3)9-17(4,5)10-16/h14-16,19H,8-13H2,1-7H3. The van der Waals surface area contributed by atoms with Crippen LogP contribution in [-0.4, -0.2) is 25.8 Å². The van der Waals surface area contributed by atoms with Crippen molar-refractivity contribution >= 4 is 0 Å². The second-order valence-electron chi connectivity index (χ2n) is 9.04. The van der Waals surface area contributed by atoms with Gasteiger partial charge in [0, 0.05) is 12.0 Å². The number of ether oxygens (including phenoxy) is 1. The van der Waals surface area contributed by atoms with Gasteiger partial charge < -0.3 is 10.1 Å². The van der Waals surface area contributed by atoms with Crippen molar-refractivity contribution in [3.8, 4) is 0 Å². The smallest absolute Gasteiger partial charge is 0.0583 e. The molecule has 1 saturated carbocycles. The maximum atomic E-state index is 6.27. The lowest BCUT2D eigenvalue weighted by atomic mass is 9.71. The van der Waals surface area contributed by atoms with Crippen molar-refractivity contribution in [2.75, 3.05) is 19.7 Å². The maximum absolute atomic E-state index is 6.27. The van der Waals surface area contributed by atoms with Gasteiger partial charge in [-0.05, 0) is 43.1 Å². The highest BCUT2D eigenvalue weighted by Gasteiger charge is 2.33. The summed E-state index contributed by atoms with van der Waals surface area (Å²) in [6.45, 7) is 19.2. The summed E-state index contributed by atoms with van der Waals surface area (Å²) in [4.78, 5) is 0. The maximum Gasteiger partial charge on any atom is 0.0583 e. The molecular formula is C18H37NO. The van der Waals surface area contributed by atoms with E-state index in [2.05, 4.69) is 53.8 Å². The third kappa shape index (κ3) is 7.08. The highest BCUT2D eigenvalue weighted by atomic mass is 16.5. The largest absolute Gasteiger partial charge is 0.378 e. The molecule has 0 aromatic heterocycles. The molecule has 0 aliphatic heterocycles. The minimum atomic E-state index is 0.222. The summed E-state index contributed by atoms with van der Waals surface area (Å²) in [6.07, 6.45) is 4.25. The van der Waals surface area contributed by atoms with Gasteiger partial charge in [-0.2, -0.15) is 0 Å². The molecule has 120 valence electrons. The summed E-state index contributed by atoms with van der Waals surface area (Å²) in [5, 5.41) is 3.56. The van der Waals surface area contributed by atoms with E-state index < -0.39 is 0 Å². The Hall–Kier alpha value is -0.0800. The third-order valence-electron chi connectivity index (χ3n) is 4.21. The van der Waals surface area contributed by atoms with Crippen LogP contribution >= 0.6 is 0 Å². The van der Waals surface area contributed by atoms with E-state index >= 15 is 0 Å². The van der Waals surface area contributed by atoms with Crippen LogP contribution in [-0.2, 0) is 4.74 Å². The summed E-state index contributed by atoms with van der Waals surface area (Å²) in [7, 11) is 0. The molecule has 0 amide bonds. The van der Waals surface area contributed by atoms with Crippen LogP contribution in [0.2, 0.25) is 0 Å². The Kier molecular flexibility index (Phi) is 6.53. The van der Waals surface area contributed by atoms with Crippen LogP contribution in [0.1, 0.15) is 67.7 Å². The van der Waals surface area contributed by atoms with Crippen molar-refractivity contribution in [2.24, 2.45) is 22.7 Å². The predicted molar refractivity (Wildman–Crippen MR) is 88.0 cm³/mol. The van der Waals surface area contributed by atoms with Crippen LogP contribution in [0.15, 0.2) is 0 Å². The first-order valence-corrected chi connectivity index (χ1v) is 8.42. The molecular weight excluding hydrogens is 246 g/mol. The lowest BCUT2D eigenvalue weighted by Gasteiger charge is -2.40. The van der Waals surface area contributed by atoms with Gasteiger partial charge >= 0.3 is 0 Å². The summed E-state index contributed by atoms with van der Waals surface area (Å²) in [6, 6.07) is 0. The van der Waals surface area contributed by atoms with Gasteiger partial charge in [0.2, 0.25) is 0 Å². The molecule has 1 rings (SSSR count). The number of nitrogens with one attached hydrogen (secondary N) is 1. The number of rotatable bonds is 7. The molecule has 0 saturated heterocycles. The van der Waals surface area contributed by atoms with Gasteiger partial charge in [0.15, 0.2) is 0 Å². The lowest BCUT2D eigenvalue weighted by molar-refractivity contribution is -0.0513. The average molecular weight is 284 g/mol. The molecule has 2 nitrogen and oxygen atoms in total. The van der Waals surface area contributed by atoms with Crippen molar-refractivity contribution in [3.63, 3.8) is 0 Å². The van der Waals surface area contributed by atoms with Gasteiger partial charge in [0.25, 0.3) is 0 Å². The Morgan fingerprint density at radius 3 is 2.45 bits per heavy atom. The van der Waals surface area contributed by atoms with Crippen molar-refractivity contribution in [2.45, 2.75) is 73.8 Å². The molecule has 2 heteroatoms. The van der Waals surface area contributed by atoms with Gasteiger partial charge in [-0.3, -0.25) is 0 Å². The molecule has 20 heavy (non-hydrogen) atoms. The zero-order chi connectivity index (χ0) is 15.4. The molecule has 1 N–H and O–H groups in total. The molecule has 1 aliphatic rings. The van der Waals surface area contributed by atoms with E-state index in [1.54, 1.807) is 0 Å². The first-order valence-electron chi connectivity index (χ1n) is 8.42. The zero-order valence-corrected chi connectivity index (χ0v) is 14.9. The van der Waals surface area contributed by atoms with E-state index in [4.69, 9.17) is 4.74 Å². The lowest BCUT2D eigenvalue weighted by Crippen LogP contribution is -2.38. The van der Waals surface area contributed by atoms with Gasteiger partial charge in [-0.15, -0.1) is 0 Å². The molecule has 1 aliphatic carbocycles. The van der Waals surface area contributed by atoms with E-state index in [0.29, 0.717) is 17.4 Å². The van der Waals surface area contributed by atoms with Crippen LogP contribution in [0.4, 0.5) is 0 Å². The van der Waals surface area contributed by atoms with Gasteiger partial charge in [-0.25, -0.2) is 0 Å².